The lowest BCUT2D eigenvalue weighted by atomic mass is 9.95. The molecule has 2 rings (SSSR count). The summed E-state index contributed by atoms with van der Waals surface area (Å²) in [5, 5.41) is 15.1. The molecule has 1 aliphatic heterocycles. The van der Waals surface area contributed by atoms with E-state index >= 15 is 0 Å². The summed E-state index contributed by atoms with van der Waals surface area (Å²) in [5.74, 6) is -0.0413. The van der Waals surface area contributed by atoms with E-state index in [1.807, 2.05) is 12.1 Å². The largest absolute Gasteiger partial charge is 0.392 e. The number of fused-ring (bicyclic) bond motifs is 1. The molecule has 1 aliphatic rings. The Morgan fingerprint density at radius 2 is 2.24 bits per heavy atom. The number of rotatable bonds is 3. The van der Waals surface area contributed by atoms with Gasteiger partial charge < -0.3 is 15.7 Å². The highest BCUT2D eigenvalue weighted by Gasteiger charge is 2.23. The smallest absolute Gasteiger partial charge is 0.237 e. The standard InChI is InChI=1S/C13H18N2O2/c1-9(16)7-15-13(17)12-6-10-4-2-3-5-11(10)8-14-12/h2-5,9,12,14,16H,6-8H2,1H3,(H,15,17)/t9-,12?/m0/s1. The molecule has 4 heteroatoms. The number of aliphatic hydroxyl groups excluding tert-OH is 1. The fourth-order valence-corrected chi connectivity index (χ4v) is 2.01. The van der Waals surface area contributed by atoms with E-state index in [-0.39, 0.29) is 11.9 Å². The van der Waals surface area contributed by atoms with E-state index in [1.54, 1.807) is 6.92 Å². The first-order valence-electron chi connectivity index (χ1n) is 5.93. The van der Waals surface area contributed by atoms with Crippen molar-refractivity contribution in [2.45, 2.75) is 32.0 Å². The van der Waals surface area contributed by atoms with Crippen LogP contribution in [-0.2, 0) is 17.8 Å². The van der Waals surface area contributed by atoms with Crippen molar-refractivity contribution in [2.75, 3.05) is 6.54 Å². The number of amides is 1. The topological polar surface area (TPSA) is 61.4 Å². The Labute approximate surface area is 101 Å². The maximum absolute atomic E-state index is 11.8. The molecule has 2 atom stereocenters. The van der Waals surface area contributed by atoms with Crippen LogP contribution in [0, 0.1) is 0 Å². The molecule has 1 aromatic rings. The molecule has 0 radical (unpaired) electrons. The van der Waals surface area contributed by atoms with Crippen LogP contribution in [0.3, 0.4) is 0 Å². The molecule has 4 nitrogen and oxygen atoms in total. The summed E-state index contributed by atoms with van der Waals surface area (Å²) < 4.78 is 0. The summed E-state index contributed by atoms with van der Waals surface area (Å²) in [6.45, 7) is 2.69. The Morgan fingerprint density at radius 3 is 2.94 bits per heavy atom. The van der Waals surface area contributed by atoms with Crippen molar-refractivity contribution in [2.24, 2.45) is 0 Å². The third-order valence-corrected chi connectivity index (χ3v) is 2.97. The van der Waals surface area contributed by atoms with Crippen molar-refractivity contribution in [1.29, 1.82) is 0 Å². The zero-order valence-corrected chi connectivity index (χ0v) is 9.94. The lowest BCUT2D eigenvalue weighted by molar-refractivity contribution is -0.123. The second kappa shape index (κ2) is 5.29. The van der Waals surface area contributed by atoms with Crippen LogP contribution in [0.15, 0.2) is 24.3 Å². The second-order valence-corrected chi connectivity index (χ2v) is 4.50. The lowest BCUT2D eigenvalue weighted by Crippen LogP contribution is -2.48. The van der Waals surface area contributed by atoms with Gasteiger partial charge in [-0.25, -0.2) is 0 Å². The first-order chi connectivity index (χ1) is 8.16. The molecular weight excluding hydrogens is 216 g/mol. The normalized spacial score (nSPS) is 20.5. The fourth-order valence-electron chi connectivity index (χ4n) is 2.01. The highest BCUT2D eigenvalue weighted by Crippen LogP contribution is 2.16. The summed E-state index contributed by atoms with van der Waals surface area (Å²) in [4.78, 5) is 11.8. The van der Waals surface area contributed by atoms with Crippen LogP contribution in [0.5, 0.6) is 0 Å². The Hall–Kier alpha value is -1.39. The molecule has 1 aromatic carbocycles. The average Bonchev–Trinajstić information content (AvgIpc) is 2.35. The van der Waals surface area contributed by atoms with E-state index in [0.717, 1.165) is 6.54 Å². The number of hydrogen-bond donors (Lipinski definition) is 3. The number of benzene rings is 1. The molecule has 3 N–H and O–H groups in total. The van der Waals surface area contributed by atoms with Crippen molar-refractivity contribution in [3.63, 3.8) is 0 Å². The number of hydrogen-bond acceptors (Lipinski definition) is 3. The van der Waals surface area contributed by atoms with Crippen LogP contribution in [0.25, 0.3) is 0 Å². The number of carbonyl (C=O) groups excluding carboxylic acids is 1. The Balaban J connectivity index is 1.95. The highest BCUT2D eigenvalue weighted by molar-refractivity contribution is 5.82. The van der Waals surface area contributed by atoms with Crippen molar-refractivity contribution >= 4 is 5.91 Å². The second-order valence-electron chi connectivity index (χ2n) is 4.50. The van der Waals surface area contributed by atoms with Crippen LogP contribution in [-0.4, -0.2) is 29.7 Å². The molecule has 0 spiro atoms. The zero-order valence-electron chi connectivity index (χ0n) is 9.94. The molecule has 1 unspecified atom stereocenters. The zero-order chi connectivity index (χ0) is 12.3. The molecule has 0 bridgehead atoms. The van der Waals surface area contributed by atoms with Crippen LogP contribution >= 0.6 is 0 Å². The van der Waals surface area contributed by atoms with E-state index in [0.29, 0.717) is 13.0 Å². The Bertz CT molecular complexity index is 404. The van der Waals surface area contributed by atoms with Gasteiger partial charge in [-0.15, -0.1) is 0 Å². The minimum atomic E-state index is -0.505. The van der Waals surface area contributed by atoms with Crippen molar-refractivity contribution < 1.29 is 9.90 Å². The summed E-state index contributed by atoms with van der Waals surface area (Å²) in [6.07, 6.45) is 0.205. The van der Waals surface area contributed by atoms with Gasteiger partial charge in [0.15, 0.2) is 0 Å². The number of aliphatic hydroxyl groups is 1. The molecule has 17 heavy (non-hydrogen) atoms. The SMILES string of the molecule is C[C@H](O)CNC(=O)C1Cc2ccccc2CN1. The van der Waals surface area contributed by atoms with Gasteiger partial charge in [-0.05, 0) is 24.5 Å². The van der Waals surface area contributed by atoms with Gasteiger partial charge in [0.25, 0.3) is 0 Å². The van der Waals surface area contributed by atoms with E-state index in [4.69, 9.17) is 5.11 Å². The maximum Gasteiger partial charge on any atom is 0.237 e. The van der Waals surface area contributed by atoms with Gasteiger partial charge in [-0.3, -0.25) is 4.79 Å². The van der Waals surface area contributed by atoms with E-state index in [2.05, 4.69) is 22.8 Å². The minimum absolute atomic E-state index is 0.0413. The maximum atomic E-state index is 11.8. The highest BCUT2D eigenvalue weighted by atomic mass is 16.3. The third kappa shape index (κ3) is 3.05. The molecule has 0 aliphatic carbocycles. The lowest BCUT2D eigenvalue weighted by Gasteiger charge is -2.25. The van der Waals surface area contributed by atoms with Crippen LogP contribution in [0.2, 0.25) is 0 Å². The van der Waals surface area contributed by atoms with Crippen molar-refractivity contribution in [3.05, 3.63) is 35.4 Å². The quantitative estimate of drug-likeness (QED) is 0.700. The predicted octanol–water partition coefficient (Wildman–Crippen LogP) is 0.198. The monoisotopic (exact) mass is 234 g/mol. The molecule has 0 saturated carbocycles. The minimum Gasteiger partial charge on any atom is -0.392 e. The van der Waals surface area contributed by atoms with Gasteiger partial charge in [0.2, 0.25) is 5.91 Å². The number of carbonyl (C=O) groups is 1. The predicted molar refractivity (Wildman–Crippen MR) is 65.5 cm³/mol. The summed E-state index contributed by atoms with van der Waals surface area (Å²) in [7, 11) is 0. The van der Waals surface area contributed by atoms with Gasteiger partial charge in [0.05, 0.1) is 12.1 Å². The summed E-state index contributed by atoms with van der Waals surface area (Å²) in [6, 6.07) is 7.95. The van der Waals surface area contributed by atoms with Gasteiger partial charge in [0.1, 0.15) is 0 Å². The van der Waals surface area contributed by atoms with E-state index in [1.165, 1.54) is 11.1 Å². The Kier molecular flexibility index (Phi) is 3.76. The van der Waals surface area contributed by atoms with Crippen LogP contribution in [0.1, 0.15) is 18.1 Å². The molecule has 0 fully saturated rings. The summed E-state index contributed by atoms with van der Waals surface area (Å²) >= 11 is 0. The summed E-state index contributed by atoms with van der Waals surface area (Å²) in [5.41, 5.74) is 2.48. The molecule has 1 amide bonds. The van der Waals surface area contributed by atoms with Crippen molar-refractivity contribution in [1.82, 2.24) is 10.6 Å². The molecular formula is C13H18N2O2. The molecule has 0 aromatic heterocycles. The average molecular weight is 234 g/mol. The van der Waals surface area contributed by atoms with Crippen LogP contribution in [0.4, 0.5) is 0 Å². The first-order valence-corrected chi connectivity index (χ1v) is 5.93. The fraction of sp³-hybridized carbons (Fsp3) is 0.462. The van der Waals surface area contributed by atoms with E-state index < -0.39 is 6.10 Å². The molecule has 92 valence electrons. The van der Waals surface area contributed by atoms with E-state index in [9.17, 15) is 4.79 Å². The van der Waals surface area contributed by atoms with Gasteiger partial charge in [0, 0.05) is 13.1 Å². The third-order valence-electron chi connectivity index (χ3n) is 2.97. The van der Waals surface area contributed by atoms with Gasteiger partial charge in [-0.2, -0.15) is 0 Å². The molecule has 1 heterocycles. The Morgan fingerprint density at radius 1 is 1.53 bits per heavy atom. The van der Waals surface area contributed by atoms with Gasteiger partial charge >= 0.3 is 0 Å². The van der Waals surface area contributed by atoms with Gasteiger partial charge in [-0.1, -0.05) is 24.3 Å². The van der Waals surface area contributed by atoms with Crippen LogP contribution < -0.4 is 10.6 Å². The molecule has 0 saturated heterocycles. The number of nitrogens with one attached hydrogen (secondary N) is 2. The first kappa shape index (κ1) is 12.1. The van der Waals surface area contributed by atoms with Crippen molar-refractivity contribution in [3.8, 4) is 0 Å².